The van der Waals surface area contributed by atoms with Gasteiger partial charge in [-0.2, -0.15) is 0 Å². The van der Waals surface area contributed by atoms with Crippen LogP contribution in [0.3, 0.4) is 0 Å². The summed E-state index contributed by atoms with van der Waals surface area (Å²) < 4.78 is 22.8. The second-order valence-electron chi connectivity index (χ2n) is 16.1. The molecule has 2 aliphatic rings. The van der Waals surface area contributed by atoms with Gasteiger partial charge < -0.3 is 44.7 Å². The minimum absolute atomic E-state index is 0.0492. The number of ketones is 2. The lowest BCUT2D eigenvalue weighted by atomic mass is 9.81. The van der Waals surface area contributed by atoms with Gasteiger partial charge >= 0.3 is 11.9 Å². The molecule has 0 bridgehead atoms. The molecular weight excluding hydrogens is 750 g/mol. The summed E-state index contributed by atoms with van der Waals surface area (Å²) in [5.41, 5.74) is 1.41. The SMILES string of the molecule is CO/C1=C/C(C)=C\C(C)C(O)C(C)C/C(C)=C\C=C/C(OC)C(C(C)C(O)C(C)C(=O)CC(OC(=O)/C=C/C(=O)NC2=C(O)CCC2=O)C(C)C(O)C(C)C)OC1=O. The smallest absolute Gasteiger partial charge is 0.373 e. The fraction of sp³-hybridized carbons (Fsp3) is 0.614. The number of nitrogens with one attached hydrogen (secondary N) is 1. The zero-order chi connectivity index (χ0) is 44.0. The highest BCUT2D eigenvalue weighted by molar-refractivity contribution is 6.04. The van der Waals surface area contributed by atoms with Crippen molar-refractivity contribution in [2.24, 2.45) is 35.5 Å². The van der Waals surface area contributed by atoms with Crippen molar-refractivity contribution >= 4 is 29.4 Å². The number of carbonyl (C=O) groups is 5. The summed E-state index contributed by atoms with van der Waals surface area (Å²) in [5.74, 6) is -7.39. The van der Waals surface area contributed by atoms with E-state index >= 15 is 0 Å². The highest BCUT2D eigenvalue weighted by atomic mass is 16.6. The second-order valence-corrected chi connectivity index (χ2v) is 16.1. The third-order valence-electron chi connectivity index (χ3n) is 10.9. The Balaban J connectivity index is 2.41. The maximum Gasteiger partial charge on any atom is 0.373 e. The summed E-state index contributed by atoms with van der Waals surface area (Å²) in [6, 6.07) is 0. The molecule has 0 aromatic heterocycles. The third-order valence-corrected chi connectivity index (χ3v) is 10.9. The van der Waals surface area contributed by atoms with E-state index in [1.165, 1.54) is 27.2 Å². The van der Waals surface area contributed by atoms with Crippen LogP contribution in [-0.2, 0) is 42.9 Å². The molecule has 11 atom stereocenters. The first-order valence-corrected chi connectivity index (χ1v) is 19.9. The number of methoxy groups -OCH3 is 2. The zero-order valence-electron chi connectivity index (χ0n) is 35.8. The van der Waals surface area contributed by atoms with Gasteiger partial charge in [-0.1, -0.05) is 83.9 Å². The number of aliphatic hydroxyl groups excluding tert-OH is 4. The average molecular weight is 816 g/mol. The van der Waals surface area contributed by atoms with Crippen LogP contribution in [0.25, 0.3) is 0 Å². The first-order valence-electron chi connectivity index (χ1n) is 19.9. The molecule has 1 aliphatic carbocycles. The number of aliphatic hydroxyl groups is 4. The number of Topliss-reactive ketones (excluding diaryl/α,β-unsaturated/α-hetero) is 2. The van der Waals surface area contributed by atoms with Crippen LogP contribution in [0.1, 0.15) is 88.0 Å². The Morgan fingerprint density at radius 2 is 1.66 bits per heavy atom. The molecule has 58 heavy (non-hydrogen) atoms. The van der Waals surface area contributed by atoms with Gasteiger partial charge in [0.1, 0.15) is 35.6 Å². The Morgan fingerprint density at radius 1 is 1.00 bits per heavy atom. The van der Waals surface area contributed by atoms with Crippen molar-refractivity contribution in [3.63, 3.8) is 0 Å². The number of allylic oxidation sites excluding steroid dienone is 7. The molecule has 1 heterocycles. The molecular formula is C44H65NO13. The first kappa shape index (κ1) is 49.8. The molecule has 1 aliphatic heterocycles. The van der Waals surface area contributed by atoms with Crippen molar-refractivity contribution in [2.75, 3.05) is 14.2 Å². The Labute approximate surface area is 342 Å². The molecule has 324 valence electrons. The summed E-state index contributed by atoms with van der Waals surface area (Å²) in [6.45, 7) is 15.8. The lowest BCUT2D eigenvalue weighted by Gasteiger charge is -2.34. The monoisotopic (exact) mass is 815 g/mol. The van der Waals surface area contributed by atoms with Crippen LogP contribution in [0.2, 0.25) is 0 Å². The van der Waals surface area contributed by atoms with Crippen molar-refractivity contribution in [3.8, 4) is 0 Å². The minimum atomic E-state index is -1.41. The standard InChI is InChI=1S/C44H65NO13/c1-23(2)40(51)29(8)35(57-38(50)18-17-37(49)45-39-31(46)15-16-32(39)47)22-33(48)28(7)42(53)30(9)43-34(55-10)14-12-13-24(3)19-26(5)41(52)27(6)20-25(4)21-36(56-11)44(54)58-43/h12-14,17-18,20-21,23,26-30,34-35,40-43,46,51-53H,15-16,19,22H2,1-11H3,(H,45,49)/b14-12-,18-17+,24-13-,25-20-,36-21+. The Kier molecular flexibility index (Phi) is 20.0. The normalized spacial score (nSPS) is 29.1. The molecule has 0 saturated heterocycles. The topological polar surface area (TPSA) is 215 Å². The average Bonchev–Trinajstić information content (AvgIpc) is 3.49. The van der Waals surface area contributed by atoms with Gasteiger partial charge in [0.15, 0.2) is 5.78 Å². The van der Waals surface area contributed by atoms with Gasteiger partial charge in [-0.15, -0.1) is 0 Å². The molecule has 0 spiro atoms. The highest BCUT2D eigenvalue weighted by Gasteiger charge is 2.40. The Morgan fingerprint density at radius 3 is 2.22 bits per heavy atom. The number of esters is 2. The van der Waals surface area contributed by atoms with E-state index in [1.54, 1.807) is 46.8 Å². The van der Waals surface area contributed by atoms with E-state index in [2.05, 4.69) is 5.32 Å². The number of hydrogen-bond donors (Lipinski definition) is 5. The van der Waals surface area contributed by atoms with Crippen LogP contribution in [-0.4, -0.2) is 101 Å². The van der Waals surface area contributed by atoms with Gasteiger partial charge in [0.05, 0.1) is 25.4 Å². The second kappa shape index (κ2) is 23.3. The molecule has 1 amide bonds. The van der Waals surface area contributed by atoms with Gasteiger partial charge in [0.25, 0.3) is 0 Å². The van der Waals surface area contributed by atoms with E-state index in [9.17, 15) is 44.4 Å². The number of hydrogen-bond acceptors (Lipinski definition) is 13. The van der Waals surface area contributed by atoms with Crippen LogP contribution >= 0.6 is 0 Å². The quantitative estimate of drug-likeness (QED) is 0.110. The molecule has 0 fully saturated rings. The summed E-state index contributed by atoms with van der Waals surface area (Å²) in [6.07, 6.45) is 4.38. The number of ether oxygens (including phenoxy) is 4. The molecule has 2 rings (SSSR count). The van der Waals surface area contributed by atoms with E-state index in [4.69, 9.17) is 18.9 Å². The molecule has 14 heteroatoms. The zero-order valence-corrected chi connectivity index (χ0v) is 35.8. The van der Waals surface area contributed by atoms with Gasteiger partial charge in [-0.3, -0.25) is 14.4 Å². The van der Waals surface area contributed by atoms with E-state index in [1.807, 2.05) is 32.9 Å². The molecule has 14 nitrogen and oxygen atoms in total. The van der Waals surface area contributed by atoms with Crippen LogP contribution in [0.15, 0.2) is 70.9 Å². The van der Waals surface area contributed by atoms with E-state index < -0.39 is 90.2 Å². The summed E-state index contributed by atoms with van der Waals surface area (Å²) in [7, 11) is 2.74. The maximum atomic E-state index is 13.9. The summed E-state index contributed by atoms with van der Waals surface area (Å²) in [4.78, 5) is 64.7. The van der Waals surface area contributed by atoms with Crippen LogP contribution in [0.5, 0.6) is 0 Å². The van der Waals surface area contributed by atoms with Crippen molar-refractivity contribution in [3.05, 3.63) is 70.9 Å². The van der Waals surface area contributed by atoms with Crippen molar-refractivity contribution < 1.29 is 63.3 Å². The lowest BCUT2D eigenvalue weighted by Crippen LogP contribution is -2.46. The number of carbonyl (C=O) groups excluding carboxylic acids is 5. The van der Waals surface area contributed by atoms with Crippen molar-refractivity contribution in [2.45, 2.75) is 125 Å². The fourth-order valence-electron chi connectivity index (χ4n) is 7.16. The predicted octanol–water partition coefficient (Wildman–Crippen LogP) is 4.89. The van der Waals surface area contributed by atoms with Gasteiger partial charge in [0.2, 0.25) is 11.7 Å². The van der Waals surface area contributed by atoms with Crippen LogP contribution in [0, 0.1) is 35.5 Å². The first-order chi connectivity index (χ1) is 27.1. The number of amides is 1. The molecule has 0 aromatic carbocycles. The van der Waals surface area contributed by atoms with E-state index in [0.29, 0.717) is 12.0 Å². The highest BCUT2D eigenvalue weighted by Crippen LogP contribution is 2.29. The van der Waals surface area contributed by atoms with Crippen LogP contribution in [0.4, 0.5) is 0 Å². The van der Waals surface area contributed by atoms with Gasteiger partial charge in [0, 0.05) is 62.2 Å². The van der Waals surface area contributed by atoms with Crippen molar-refractivity contribution in [1.29, 1.82) is 0 Å². The summed E-state index contributed by atoms with van der Waals surface area (Å²) >= 11 is 0. The Bertz CT molecular complexity index is 1650. The van der Waals surface area contributed by atoms with E-state index in [0.717, 1.165) is 17.7 Å². The molecule has 0 radical (unpaired) electrons. The van der Waals surface area contributed by atoms with E-state index in [-0.39, 0.29) is 47.8 Å². The molecule has 0 saturated carbocycles. The summed E-state index contributed by atoms with van der Waals surface area (Å²) in [5, 5.41) is 45.7. The Hall–Kier alpha value is -4.37. The van der Waals surface area contributed by atoms with Crippen molar-refractivity contribution in [1.82, 2.24) is 5.32 Å². The number of rotatable bonds is 15. The lowest BCUT2D eigenvalue weighted by molar-refractivity contribution is -0.162. The fourth-order valence-corrected chi connectivity index (χ4v) is 7.16. The number of cyclic esters (lactones) is 1. The molecule has 0 aromatic rings. The van der Waals surface area contributed by atoms with Crippen LogP contribution < -0.4 is 5.32 Å². The third kappa shape index (κ3) is 14.5. The predicted molar refractivity (Wildman–Crippen MR) is 216 cm³/mol. The minimum Gasteiger partial charge on any atom is -0.510 e. The van der Waals surface area contributed by atoms with Gasteiger partial charge in [-0.05, 0) is 38.2 Å². The molecule has 5 N–H and O–H groups in total. The largest absolute Gasteiger partial charge is 0.510 e. The maximum absolute atomic E-state index is 13.9. The molecule has 11 unspecified atom stereocenters. The van der Waals surface area contributed by atoms with Gasteiger partial charge in [-0.25, -0.2) is 9.59 Å².